The minimum Gasteiger partial charge on any atom is -0.462 e. The van der Waals surface area contributed by atoms with E-state index in [4.69, 9.17) is 19.5 Å². The number of ether oxygens (including phenoxy) is 3. The Balaban J connectivity index is 2.87. The molecule has 0 aromatic carbocycles. The van der Waals surface area contributed by atoms with Crippen LogP contribution >= 0.6 is 11.3 Å². The minimum absolute atomic E-state index is 0.0153. The van der Waals surface area contributed by atoms with E-state index in [1.54, 1.807) is 6.92 Å². The lowest BCUT2D eigenvalue weighted by Crippen LogP contribution is -2.28. The second kappa shape index (κ2) is 13.6. The first-order valence-electron chi connectivity index (χ1n) is 9.76. The molecule has 0 fully saturated rings. The van der Waals surface area contributed by atoms with Gasteiger partial charge in [0.1, 0.15) is 4.88 Å². The van der Waals surface area contributed by atoms with Crippen molar-refractivity contribution in [2.24, 2.45) is 0 Å². The van der Waals surface area contributed by atoms with E-state index in [2.05, 4.69) is 11.4 Å². The molecule has 0 saturated heterocycles. The SMILES string of the molecule is CCCOC(=O)c1sc(C(=O)OCCC)c(OC(=O)NCCCCCC#N)c1C. The summed E-state index contributed by atoms with van der Waals surface area (Å²) >= 11 is 0.898. The Kier molecular flexibility index (Phi) is 11.4. The van der Waals surface area contributed by atoms with E-state index in [1.807, 2.05) is 13.8 Å². The number of esters is 2. The summed E-state index contributed by atoms with van der Waals surface area (Å²) in [6, 6.07) is 2.07. The average Bonchev–Trinajstić information content (AvgIpc) is 3.03. The highest BCUT2D eigenvalue weighted by molar-refractivity contribution is 7.16. The van der Waals surface area contributed by atoms with Gasteiger partial charge in [-0.05, 0) is 32.6 Å². The number of carbonyl (C=O) groups excluding carboxylic acids is 3. The molecule has 0 atom stereocenters. The van der Waals surface area contributed by atoms with Crippen molar-refractivity contribution in [1.29, 1.82) is 5.26 Å². The Morgan fingerprint density at radius 1 is 1.00 bits per heavy atom. The molecule has 1 rings (SSSR count). The van der Waals surface area contributed by atoms with Crippen molar-refractivity contribution in [3.05, 3.63) is 15.3 Å². The van der Waals surface area contributed by atoms with Crippen LogP contribution in [0.2, 0.25) is 0 Å². The number of hydrogen-bond donors (Lipinski definition) is 1. The molecule has 0 aliphatic carbocycles. The number of nitriles is 1. The van der Waals surface area contributed by atoms with Crippen LogP contribution in [0.25, 0.3) is 0 Å². The maximum Gasteiger partial charge on any atom is 0.412 e. The molecule has 9 heteroatoms. The van der Waals surface area contributed by atoms with E-state index in [9.17, 15) is 14.4 Å². The van der Waals surface area contributed by atoms with E-state index in [-0.39, 0.29) is 28.7 Å². The van der Waals surface area contributed by atoms with E-state index >= 15 is 0 Å². The first-order chi connectivity index (χ1) is 14.0. The normalized spacial score (nSPS) is 10.1. The molecular formula is C20H28N2O6S. The second-order valence-electron chi connectivity index (χ2n) is 6.27. The maximum atomic E-state index is 12.4. The van der Waals surface area contributed by atoms with Gasteiger partial charge < -0.3 is 19.5 Å². The summed E-state index contributed by atoms with van der Waals surface area (Å²) < 4.78 is 15.6. The summed E-state index contributed by atoms with van der Waals surface area (Å²) in [7, 11) is 0. The zero-order chi connectivity index (χ0) is 21.6. The fraction of sp³-hybridized carbons (Fsp3) is 0.600. The third-order valence-corrected chi connectivity index (χ3v) is 5.00. The molecule has 29 heavy (non-hydrogen) atoms. The Hall–Kier alpha value is -2.60. The number of carbonyl (C=O) groups is 3. The molecule has 0 spiro atoms. The number of nitrogens with one attached hydrogen (secondary N) is 1. The number of thiophene rings is 1. The van der Waals surface area contributed by atoms with Gasteiger partial charge >= 0.3 is 18.0 Å². The molecule has 1 N–H and O–H groups in total. The molecule has 0 aliphatic heterocycles. The van der Waals surface area contributed by atoms with Crippen LogP contribution in [0.15, 0.2) is 0 Å². The van der Waals surface area contributed by atoms with Gasteiger partial charge in [-0.15, -0.1) is 11.3 Å². The molecule has 0 aliphatic rings. The molecule has 0 unspecified atom stereocenters. The zero-order valence-electron chi connectivity index (χ0n) is 17.2. The molecule has 0 bridgehead atoms. The average molecular weight is 425 g/mol. The Morgan fingerprint density at radius 2 is 1.62 bits per heavy atom. The third-order valence-electron chi connectivity index (χ3n) is 3.77. The minimum atomic E-state index is -0.718. The summed E-state index contributed by atoms with van der Waals surface area (Å²) in [6.45, 7) is 6.20. The largest absolute Gasteiger partial charge is 0.462 e. The van der Waals surface area contributed by atoms with Crippen molar-refractivity contribution in [3.8, 4) is 11.8 Å². The van der Waals surface area contributed by atoms with Gasteiger partial charge in [0.05, 0.1) is 19.3 Å². The predicted octanol–water partition coefficient (Wildman–Crippen LogP) is 4.36. The van der Waals surface area contributed by atoms with Crippen LogP contribution in [0.5, 0.6) is 5.75 Å². The van der Waals surface area contributed by atoms with Crippen LogP contribution in [0, 0.1) is 18.3 Å². The zero-order valence-corrected chi connectivity index (χ0v) is 18.0. The van der Waals surface area contributed by atoms with E-state index in [0.29, 0.717) is 37.8 Å². The van der Waals surface area contributed by atoms with Crippen LogP contribution in [0.4, 0.5) is 4.79 Å². The van der Waals surface area contributed by atoms with Crippen molar-refractivity contribution >= 4 is 29.4 Å². The van der Waals surface area contributed by atoms with E-state index in [0.717, 1.165) is 24.2 Å². The van der Waals surface area contributed by atoms with Crippen molar-refractivity contribution in [2.75, 3.05) is 19.8 Å². The van der Waals surface area contributed by atoms with Gasteiger partial charge in [-0.2, -0.15) is 5.26 Å². The smallest absolute Gasteiger partial charge is 0.412 e. The van der Waals surface area contributed by atoms with Crippen LogP contribution in [-0.4, -0.2) is 37.8 Å². The molecule has 1 aromatic heterocycles. The molecule has 1 aromatic rings. The first kappa shape index (κ1) is 24.4. The lowest BCUT2D eigenvalue weighted by atomic mass is 10.2. The molecule has 1 amide bonds. The van der Waals surface area contributed by atoms with Gasteiger partial charge in [0.15, 0.2) is 10.6 Å². The standard InChI is InChI=1S/C20H28N2O6S/c1-4-12-26-18(23)16-14(3)15(17(29-16)19(24)27-13-5-2)28-20(25)22-11-9-7-6-8-10-21/h4-9,11-13H2,1-3H3,(H,22,25). The van der Waals surface area contributed by atoms with Crippen LogP contribution in [0.3, 0.4) is 0 Å². The molecule has 0 radical (unpaired) electrons. The Morgan fingerprint density at radius 3 is 2.21 bits per heavy atom. The molecular weight excluding hydrogens is 396 g/mol. The van der Waals surface area contributed by atoms with Gasteiger partial charge in [-0.25, -0.2) is 14.4 Å². The highest BCUT2D eigenvalue weighted by atomic mass is 32.1. The van der Waals surface area contributed by atoms with Gasteiger partial charge in [0.25, 0.3) is 0 Å². The second-order valence-corrected chi connectivity index (χ2v) is 7.29. The summed E-state index contributed by atoms with van der Waals surface area (Å²) in [5.41, 5.74) is 0.365. The van der Waals surface area contributed by atoms with Gasteiger partial charge in [-0.1, -0.05) is 20.3 Å². The van der Waals surface area contributed by atoms with E-state index < -0.39 is 18.0 Å². The highest BCUT2D eigenvalue weighted by Crippen LogP contribution is 2.36. The Labute approximate surface area is 175 Å². The number of hydrogen-bond acceptors (Lipinski definition) is 8. The van der Waals surface area contributed by atoms with Crippen molar-refractivity contribution in [2.45, 2.75) is 59.3 Å². The number of amides is 1. The number of nitrogens with zero attached hydrogens (tertiary/aromatic N) is 1. The fourth-order valence-corrected chi connectivity index (χ4v) is 3.32. The first-order valence-corrected chi connectivity index (χ1v) is 10.6. The number of rotatable bonds is 12. The topological polar surface area (TPSA) is 115 Å². The van der Waals surface area contributed by atoms with Crippen LogP contribution < -0.4 is 10.1 Å². The molecule has 8 nitrogen and oxygen atoms in total. The molecule has 160 valence electrons. The Bertz CT molecular complexity index is 738. The fourth-order valence-electron chi connectivity index (χ4n) is 2.30. The van der Waals surface area contributed by atoms with Crippen LogP contribution in [-0.2, 0) is 9.47 Å². The van der Waals surface area contributed by atoms with E-state index in [1.165, 1.54) is 0 Å². The van der Waals surface area contributed by atoms with Crippen LogP contribution in [0.1, 0.15) is 77.3 Å². The van der Waals surface area contributed by atoms with Crippen molar-refractivity contribution in [1.82, 2.24) is 5.32 Å². The summed E-state index contributed by atoms with van der Waals surface area (Å²) in [5.74, 6) is -1.19. The van der Waals surface area contributed by atoms with Gasteiger partial charge in [-0.3, -0.25) is 0 Å². The lowest BCUT2D eigenvalue weighted by molar-refractivity contribution is 0.0500. The summed E-state index contributed by atoms with van der Waals surface area (Å²) in [5, 5.41) is 11.1. The highest BCUT2D eigenvalue weighted by Gasteiger charge is 2.28. The summed E-state index contributed by atoms with van der Waals surface area (Å²) in [4.78, 5) is 37.0. The van der Waals surface area contributed by atoms with Crippen molar-refractivity contribution < 1.29 is 28.6 Å². The summed E-state index contributed by atoms with van der Waals surface area (Å²) in [6.07, 6.45) is 3.37. The molecule has 0 saturated carbocycles. The van der Waals surface area contributed by atoms with Crippen molar-refractivity contribution in [3.63, 3.8) is 0 Å². The predicted molar refractivity (Wildman–Crippen MR) is 108 cm³/mol. The third kappa shape index (κ3) is 8.11. The molecule has 1 heterocycles. The van der Waals surface area contributed by atoms with Gasteiger partial charge in [0, 0.05) is 18.5 Å². The lowest BCUT2D eigenvalue weighted by Gasteiger charge is -2.08. The number of unbranched alkanes of at least 4 members (excludes halogenated alkanes) is 3. The van der Waals surface area contributed by atoms with Gasteiger partial charge in [0.2, 0.25) is 0 Å². The maximum absolute atomic E-state index is 12.4. The quantitative estimate of drug-likeness (QED) is 0.391. The monoisotopic (exact) mass is 424 g/mol.